The minimum atomic E-state index is -5.00. The summed E-state index contributed by atoms with van der Waals surface area (Å²) in [6.07, 6.45) is -8.74. The lowest BCUT2D eigenvalue weighted by atomic mass is 10.0. The van der Waals surface area contributed by atoms with E-state index in [1.54, 1.807) is 0 Å². The number of nitrogens with zero attached hydrogens (tertiary/aromatic N) is 2. The zero-order valence-electron chi connectivity index (χ0n) is 11.0. The molecule has 2 aromatic rings. The van der Waals surface area contributed by atoms with Gasteiger partial charge in [-0.05, 0) is 23.8 Å². The summed E-state index contributed by atoms with van der Waals surface area (Å²) in [4.78, 5) is 3.22. The Kier molecular flexibility index (Phi) is 4.18. The van der Waals surface area contributed by atoms with Crippen LogP contribution in [0.2, 0.25) is 0 Å². The quantitative estimate of drug-likeness (QED) is 0.759. The van der Waals surface area contributed by atoms with E-state index in [1.807, 2.05) is 0 Å². The molecule has 120 valence electrons. The second kappa shape index (κ2) is 5.79. The number of nitriles is 1. The summed E-state index contributed by atoms with van der Waals surface area (Å²) in [5, 5.41) is 8.77. The van der Waals surface area contributed by atoms with Crippen molar-refractivity contribution in [3.8, 4) is 22.9 Å². The number of pyridine rings is 1. The number of benzene rings is 1. The minimum absolute atomic E-state index is 0.129. The Labute approximate surface area is 125 Å². The van der Waals surface area contributed by atoms with E-state index in [9.17, 15) is 26.3 Å². The first-order valence-electron chi connectivity index (χ1n) is 5.93. The standard InChI is InChI=1S/C14H6F6N2O/c15-13(16,17)12-4-3-10(7-22-12)8-1-2-9(6-21)11(5-8)23-14(18,19)20/h1-5,7H. The number of alkyl halides is 6. The third-order valence-corrected chi connectivity index (χ3v) is 2.71. The molecule has 0 amide bonds. The van der Waals surface area contributed by atoms with E-state index in [1.165, 1.54) is 12.1 Å². The Morgan fingerprint density at radius 3 is 2.09 bits per heavy atom. The van der Waals surface area contributed by atoms with Crippen molar-refractivity contribution in [2.75, 3.05) is 0 Å². The summed E-state index contributed by atoms with van der Waals surface area (Å²) in [6.45, 7) is 0. The topological polar surface area (TPSA) is 45.9 Å². The molecule has 0 N–H and O–H groups in total. The van der Waals surface area contributed by atoms with Gasteiger partial charge < -0.3 is 4.74 Å². The zero-order valence-corrected chi connectivity index (χ0v) is 11.0. The lowest BCUT2D eigenvalue weighted by Crippen LogP contribution is -2.17. The third kappa shape index (κ3) is 4.12. The molecule has 1 heterocycles. The summed E-state index contributed by atoms with van der Waals surface area (Å²) in [7, 11) is 0. The van der Waals surface area contributed by atoms with Crippen LogP contribution >= 0.6 is 0 Å². The largest absolute Gasteiger partial charge is 0.573 e. The molecule has 9 heteroatoms. The Morgan fingerprint density at radius 2 is 1.61 bits per heavy atom. The van der Waals surface area contributed by atoms with Crippen molar-refractivity contribution in [3.05, 3.63) is 47.8 Å². The molecule has 2 rings (SSSR count). The van der Waals surface area contributed by atoms with Gasteiger partial charge in [-0.15, -0.1) is 13.2 Å². The molecule has 3 nitrogen and oxygen atoms in total. The number of hydrogen-bond donors (Lipinski definition) is 0. The van der Waals surface area contributed by atoms with Gasteiger partial charge in [0.15, 0.2) is 0 Å². The minimum Gasteiger partial charge on any atom is -0.404 e. The maximum atomic E-state index is 12.4. The van der Waals surface area contributed by atoms with Crippen molar-refractivity contribution >= 4 is 0 Å². The molecule has 0 aliphatic carbocycles. The number of aromatic nitrogens is 1. The normalized spacial score (nSPS) is 11.9. The number of ether oxygens (including phenoxy) is 1. The van der Waals surface area contributed by atoms with Crippen LogP contribution in [0.4, 0.5) is 26.3 Å². The molecule has 0 aliphatic heterocycles. The van der Waals surface area contributed by atoms with E-state index in [4.69, 9.17) is 5.26 Å². The number of hydrogen-bond acceptors (Lipinski definition) is 3. The first kappa shape index (κ1) is 16.6. The van der Waals surface area contributed by atoms with Crippen LogP contribution in [0.3, 0.4) is 0 Å². The second-order valence-electron chi connectivity index (χ2n) is 4.30. The molecule has 1 aromatic heterocycles. The molecule has 1 aromatic carbocycles. The molecule has 0 saturated carbocycles. The highest BCUT2D eigenvalue weighted by molar-refractivity contribution is 5.66. The molecule has 0 unspecified atom stereocenters. The van der Waals surface area contributed by atoms with Crippen LogP contribution < -0.4 is 4.74 Å². The van der Waals surface area contributed by atoms with E-state index >= 15 is 0 Å². The molecule has 0 radical (unpaired) electrons. The summed E-state index contributed by atoms with van der Waals surface area (Å²) < 4.78 is 77.9. The molecule has 23 heavy (non-hydrogen) atoms. The van der Waals surface area contributed by atoms with E-state index < -0.39 is 24.0 Å². The Balaban J connectivity index is 2.41. The molecular weight excluding hydrogens is 326 g/mol. The molecule has 0 bridgehead atoms. The van der Waals surface area contributed by atoms with Crippen LogP contribution in [0.1, 0.15) is 11.3 Å². The summed E-state index contributed by atoms with van der Waals surface area (Å²) in [5.41, 5.74) is -1.20. The summed E-state index contributed by atoms with van der Waals surface area (Å²) >= 11 is 0. The van der Waals surface area contributed by atoms with Crippen molar-refractivity contribution in [2.45, 2.75) is 12.5 Å². The van der Waals surface area contributed by atoms with Crippen molar-refractivity contribution in [3.63, 3.8) is 0 Å². The van der Waals surface area contributed by atoms with E-state index in [0.29, 0.717) is 6.07 Å². The average Bonchev–Trinajstić information content (AvgIpc) is 2.45. The lowest BCUT2D eigenvalue weighted by Gasteiger charge is -2.12. The van der Waals surface area contributed by atoms with Crippen LogP contribution in [0, 0.1) is 11.3 Å². The fraction of sp³-hybridized carbons (Fsp3) is 0.143. The van der Waals surface area contributed by atoms with Crippen molar-refractivity contribution in [1.82, 2.24) is 4.98 Å². The van der Waals surface area contributed by atoms with Crippen LogP contribution in [-0.4, -0.2) is 11.3 Å². The Bertz CT molecular complexity index is 744. The van der Waals surface area contributed by atoms with Gasteiger partial charge in [0.25, 0.3) is 0 Å². The van der Waals surface area contributed by atoms with Gasteiger partial charge in [-0.3, -0.25) is 4.98 Å². The van der Waals surface area contributed by atoms with Crippen molar-refractivity contribution in [1.29, 1.82) is 5.26 Å². The zero-order chi connectivity index (χ0) is 17.3. The molecular formula is C14H6F6N2O. The summed E-state index contributed by atoms with van der Waals surface area (Å²) in [5.74, 6) is -0.739. The van der Waals surface area contributed by atoms with Crippen molar-refractivity contribution < 1.29 is 31.1 Å². The Hall–Kier alpha value is -2.76. The van der Waals surface area contributed by atoms with Gasteiger partial charge in [0.05, 0.1) is 5.56 Å². The van der Waals surface area contributed by atoms with Crippen molar-refractivity contribution in [2.24, 2.45) is 0 Å². The molecule has 0 aliphatic rings. The Morgan fingerprint density at radius 1 is 0.957 bits per heavy atom. The highest BCUT2D eigenvalue weighted by atomic mass is 19.4. The fourth-order valence-corrected chi connectivity index (χ4v) is 1.74. The molecule has 0 spiro atoms. The fourth-order valence-electron chi connectivity index (χ4n) is 1.74. The monoisotopic (exact) mass is 332 g/mol. The predicted molar refractivity (Wildman–Crippen MR) is 66.1 cm³/mol. The first-order chi connectivity index (χ1) is 10.6. The van der Waals surface area contributed by atoms with Crippen LogP contribution in [0.25, 0.3) is 11.1 Å². The lowest BCUT2D eigenvalue weighted by molar-refractivity contribution is -0.274. The van der Waals surface area contributed by atoms with E-state index in [2.05, 4.69) is 9.72 Å². The highest BCUT2D eigenvalue weighted by Crippen LogP contribution is 2.32. The van der Waals surface area contributed by atoms with Crippen LogP contribution in [0.5, 0.6) is 5.75 Å². The van der Waals surface area contributed by atoms with Gasteiger partial charge in [-0.2, -0.15) is 18.4 Å². The summed E-state index contributed by atoms with van der Waals surface area (Å²) in [6, 6.07) is 6.58. The molecule has 0 fully saturated rings. The predicted octanol–water partition coefficient (Wildman–Crippen LogP) is 4.54. The SMILES string of the molecule is N#Cc1ccc(-c2ccc(C(F)(F)F)nc2)cc1OC(F)(F)F. The number of halogens is 6. The smallest absolute Gasteiger partial charge is 0.404 e. The third-order valence-electron chi connectivity index (χ3n) is 2.71. The average molecular weight is 332 g/mol. The van der Waals surface area contributed by atoms with Gasteiger partial charge in [0, 0.05) is 11.8 Å². The van der Waals surface area contributed by atoms with Crippen LogP contribution in [-0.2, 0) is 6.18 Å². The van der Waals surface area contributed by atoms with Gasteiger partial charge in [-0.1, -0.05) is 12.1 Å². The van der Waals surface area contributed by atoms with Gasteiger partial charge in [0.2, 0.25) is 0 Å². The maximum Gasteiger partial charge on any atom is 0.573 e. The molecule has 0 atom stereocenters. The molecule has 0 saturated heterocycles. The van der Waals surface area contributed by atoms with Gasteiger partial charge in [-0.25, -0.2) is 0 Å². The van der Waals surface area contributed by atoms with Gasteiger partial charge in [0.1, 0.15) is 17.5 Å². The van der Waals surface area contributed by atoms with E-state index in [-0.39, 0.29) is 16.7 Å². The maximum absolute atomic E-state index is 12.4. The number of rotatable bonds is 2. The first-order valence-corrected chi connectivity index (χ1v) is 5.93. The second-order valence-corrected chi connectivity index (χ2v) is 4.30. The van der Waals surface area contributed by atoms with Crippen LogP contribution in [0.15, 0.2) is 36.5 Å². The van der Waals surface area contributed by atoms with Gasteiger partial charge >= 0.3 is 12.5 Å². The van der Waals surface area contributed by atoms with E-state index in [0.717, 1.165) is 24.4 Å². The highest BCUT2D eigenvalue weighted by Gasteiger charge is 2.33.